The van der Waals surface area contributed by atoms with Gasteiger partial charge in [-0.3, -0.25) is 4.21 Å². The second kappa shape index (κ2) is 10.1. The zero-order valence-electron chi connectivity index (χ0n) is 19.6. The van der Waals surface area contributed by atoms with Gasteiger partial charge < -0.3 is 20.3 Å². The maximum atomic E-state index is 12.8. The van der Waals surface area contributed by atoms with Gasteiger partial charge in [0.05, 0.1) is 34.2 Å². The van der Waals surface area contributed by atoms with Gasteiger partial charge in [-0.2, -0.15) is 4.98 Å². The number of halogens is 1. The number of ether oxygens (including phenoxy) is 1. The highest BCUT2D eigenvalue weighted by Gasteiger charge is 2.40. The largest absolute Gasteiger partial charge is 0.453 e. The summed E-state index contributed by atoms with van der Waals surface area (Å²) in [5.41, 5.74) is 1.58. The average Bonchev–Trinajstić information content (AvgIpc) is 3.05. The molecular formula is C23H28ClN7O3S. The standard InChI is InChI=1S/C23H28ClN7O3S/c1-34-22(32)27-14-23(7-3-8-23)30-20-18-17(6-11-35(18)33)28-21(29-20)31-9-2-4-15(5-10-31)19-25-12-16(24)13-26-19/h4,12-13H,2-3,5-11,14H2,1H3,(H,27,32)(H,28,29,30)/t35-/m0/s1. The molecule has 1 saturated carbocycles. The number of rotatable bonds is 6. The number of anilines is 2. The fourth-order valence-corrected chi connectivity index (χ4v) is 6.07. The van der Waals surface area contributed by atoms with Crippen molar-refractivity contribution in [2.45, 2.75) is 49.0 Å². The molecule has 0 aromatic carbocycles. The van der Waals surface area contributed by atoms with Crippen LogP contribution in [0.25, 0.3) is 5.57 Å². The van der Waals surface area contributed by atoms with Crippen molar-refractivity contribution >= 4 is 45.8 Å². The van der Waals surface area contributed by atoms with Gasteiger partial charge in [-0.05, 0) is 37.7 Å². The van der Waals surface area contributed by atoms with Gasteiger partial charge in [-0.1, -0.05) is 17.7 Å². The molecule has 2 aliphatic heterocycles. The lowest BCUT2D eigenvalue weighted by atomic mass is 9.76. The first-order valence-corrected chi connectivity index (χ1v) is 13.5. The first-order valence-electron chi connectivity index (χ1n) is 11.8. The average molecular weight is 518 g/mol. The maximum absolute atomic E-state index is 12.8. The Kier molecular flexibility index (Phi) is 6.88. The highest BCUT2D eigenvalue weighted by molar-refractivity contribution is 7.85. The van der Waals surface area contributed by atoms with Gasteiger partial charge in [-0.25, -0.2) is 19.7 Å². The van der Waals surface area contributed by atoms with E-state index >= 15 is 0 Å². The number of carbonyl (C=O) groups is 1. The van der Waals surface area contributed by atoms with E-state index in [9.17, 15) is 9.00 Å². The van der Waals surface area contributed by atoms with E-state index in [0.29, 0.717) is 52.8 Å². The van der Waals surface area contributed by atoms with Crippen LogP contribution in [0.15, 0.2) is 23.4 Å². The van der Waals surface area contributed by atoms with Crippen LogP contribution in [0.3, 0.4) is 0 Å². The van der Waals surface area contributed by atoms with Crippen molar-refractivity contribution in [2.75, 3.05) is 42.7 Å². The van der Waals surface area contributed by atoms with Crippen molar-refractivity contribution in [3.63, 3.8) is 0 Å². The summed E-state index contributed by atoms with van der Waals surface area (Å²) in [6.45, 7) is 1.89. The van der Waals surface area contributed by atoms with Crippen molar-refractivity contribution < 1.29 is 13.7 Å². The minimum Gasteiger partial charge on any atom is -0.453 e. The fourth-order valence-electron chi connectivity index (χ4n) is 4.67. The predicted octanol–water partition coefficient (Wildman–Crippen LogP) is 2.96. The fraction of sp³-hybridized carbons (Fsp3) is 0.522. The summed E-state index contributed by atoms with van der Waals surface area (Å²) in [6.07, 6.45) is 9.96. The Balaban J connectivity index is 1.37. The van der Waals surface area contributed by atoms with Crippen LogP contribution < -0.4 is 15.5 Å². The molecular weight excluding hydrogens is 490 g/mol. The Morgan fingerprint density at radius 3 is 2.74 bits per heavy atom. The van der Waals surface area contributed by atoms with Crippen LogP contribution in [-0.4, -0.2) is 68.3 Å². The molecule has 0 spiro atoms. The van der Waals surface area contributed by atoms with E-state index in [-0.39, 0.29) is 5.54 Å². The molecule has 0 radical (unpaired) electrons. The molecule has 0 bridgehead atoms. The van der Waals surface area contributed by atoms with E-state index in [1.165, 1.54) is 7.11 Å². The molecule has 3 aliphatic rings. The van der Waals surface area contributed by atoms with E-state index in [1.54, 1.807) is 12.4 Å². The molecule has 1 fully saturated rings. The van der Waals surface area contributed by atoms with Crippen LogP contribution >= 0.6 is 11.6 Å². The first kappa shape index (κ1) is 23.9. The summed E-state index contributed by atoms with van der Waals surface area (Å²) in [4.78, 5) is 32.9. The quantitative estimate of drug-likeness (QED) is 0.595. The smallest absolute Gasteiger partial charge is 0.406 e. The van der Waals surface area contributed by atoms with Gasteiger partial charge in [0.2, 0.25) is 5.95 Å². The number of alkyl carbamates (subject to hydrolysis) is 1. The maximum Gasteiger partial charge on any atom is 0.406 e. The van der Waals surface area contributed by atoms with Crippen LogP contribution in [0.2, 0.25) is 5.02 Å². The Morgan fingerprint density at radius 1 is 1.23 bits per heavy atom. The van der Waals surface area contributed by atoms with Crippen LogP contribution in [0.1, 0.15) is 43.6 Å². The van der Waals surface area contributed by atoms with Crippen LogP contribution in [0.4, 0.5) is 16.6 Å². The summed E-state index contributed by atoms with van der Waals surface area (Å²) in [7, 11) is 0.209. The first-order chi connectivity index (χ1) is 17.0. The molecule has 1 amide bonds. The highest BCUT2D eigenvalue weighted by atomic mass is 35.5. The summed E-state index contributed by atoms with van der Waals surface area (Å²) >= 11 is 5.94. The van der Waals surface area contributed by atoms with Crippen molar-refractivity contribution in [2.24, 2.45) is 0 Å². The number of nitrogens with zero attached hydrogens (tertiary/aromatic N) is 5. The zero-order valence-corrected chi connectivity index (χ0v) is 21.1. The molecule has 1 aliphatic carbocycles. The van der Waals surface area contributed by atoms with Gasteiger partial charge in [0.1, 0.15) is 10.7 Å². The summed E-state index contributed by atoms with van der Waals surface area (Å²) in [6, 6.07) is 0. The van der Waals surface area contributed by atoms with Crippen molar-refractivity contribution in [3.05, 3.63) is 35.0 Å². The Bertz CT molecular complexity index is 1170. The molecule has 2 aromatic rings. The molecule has 0 saturated heterocycles. The van der Waals surface area contributed by atoms with E-state index in [4.69, 9.17) is 26.3 Å². The second-order valence-electron chi connectivity index (χ2n) is 9.03. The number of hydrogen-bond donors (Lipinski definition) is 2. The Hall–Kier alpha value is -2.79. The number of nitrogens with one attached hydrogen (secondary N) is 2. The number of aromatic nitrogens is 4. The molecule has 4 heterocycles. The molecule has 0 unspecified atom stereocenters. The summed E-state index contributed by atoms with van der Waals surface area (Å²) < 4.78 is 17.5. The van der Waals surface area contributed by atoms with E-state index in [1.807, 2.05) is 0 Å². The van der Waals surface area contributed by atoms with Crippen LogP contribution in [0.5, 0.6) is 0 Å². The van der Waals surface area contributed by atoms with E-state index in [2.05, 4.69) is 31.6 Å². The molecule has 10 nitrogen and oxygen atoms in total. The van der Waals surface area contributed by atoms with Crippen molar-refractivity contribution in [3.8, 4) is 0 Å². The van der Waals surface area contributed by atoms with Crippen molar-refractivity contribution in [1.29, 1.82) is 0 Å². The lowest BCUT2D eigenvalue weighted by Crippen LogP contribution is -2.54. The molecule has 1 atom stereocenters. The normalized spacial score (nSPS) is 20.8. The number of fused-ring (bicyclic) bond motifs is 1. The molecule has 12 heteroatoms. The summed E-state index contributed by atoms with van der Waals surface area (Å²) in [5.74, 6) is 2.49. The van der Waals surface area contributed by atoms with E-state index in [0.717, 1.165) is 49.9 Å². The molecule has 186 valence electrons. The number of hydrogen-bond acceptors (Lipinski definition) is 9. The molecule has 5 rings (SSSR count). The van der Waals surface area contributed by atoms with Gasteiger partial charge in [-0.15, -0.1) is 0 Å². The highest BCUT2D eigenvalue weighted by Crippen LogP contribution is 2.38. The monoisotopic (exact) mass is 517 g/mol. The lowest BCUT2D eigenvalue weighted by Gasteiger charge is -2.43. The number of aryl methyl sites for hydroxylation is 1. The molecule has 2 N–H and O–H groups in total. The summed E-state index contributed by atoms with van der Waals surface area (Å²) in [5, 5.41) is 6.87. The van der Waals surface area contributed by atoms with Crippen LogP contribution in [-0.2, 0) is 22.0 Å². The second-order valence-corrected chi connectivity index (χ2v) is 11.0. The van der Waals surface area contributed by atoms with E-state index < -0.39 is 16.9 Å². The topological polar surface area (TPSA) is 122 Å². The third-order valence-electron chi connectivity index (χ3n) is 6.76. The van der Waals surface area contributed by atoms with Crippen molar-refractivity contribution in [1.82, 2.24) is 25.3 Å². The van der Waals surface area contributed by atoms with Gasteiger partial charge >= 0.3 is 6.09 Å². The molecule has 2 aromatic heterocycles. The third-order valence-corrected chi connectivity index (χ3v) is 8.41. The molecule has 35 heavy (non-hydrogen) atoms. The minimum atomic E-state index is -1.14. The SMILES string of the molecule is COC(=O)NCC1(Nc2nc(N3CCC=C(c4ncc(Cl)cn4)CC3)nc3c2[S@@](=O)CC3)CCC1. The number of carbonyl (C=O) groups excluding carboxylic acids is 1. The number of amides is 1. The zero-order chi connectivity index (χ0) is 24.4. The van der Waals surface area contributed by atoms with Gasteiger partial charge in [0.15, 0.2) is 5.82 Å². The Morgan fingerprint density at radius 2 is 2.03 bits per heavy atom. The number of methoxy groups -OCH3 is 1. The Labute approximate surface area is 211 Å². The minimum absolute atomic E-state index is 0.334. The predicted molar refractivity (Wildman–Crippen MR) is 134 cm³/mol. The third kappa shape index (κ3) is 5.11. The van der Waals surface area contributed by atoms with Gasteiger partial charge in [0, 0.05) is 44.2 Å². The lowest BCUT2D eigenvalue weighted by molar-refractivity contribution is 0.163. The van der Waals surface area contributed by atoms with Crippen LogP contribution in [0, 0.1) is 0 Å². The van der Waals surface area contributed by atoms with Gasteiger partial charge in [0.25, 0.3) is 0 Å².